The number of aromatic hydroxyl groups is 2. The van der Waals surface area contributed by atoms with Crippen LogP contribution in [-0.2, 0) is 0 Å². The highest BCUT2D eigenvalue weighted by Crippen LogP contribution is 2.29. The maximum atomic E-state index is 12.3. The predicted molar refractivity (Wildman–Crippen MR) is 87.3 cm³/mol. The van der Waals surface area contributed by atoms with E-state index in [9.17, 15) is 19.8 Å². The minimum atomic E-state index is -0.645. The first-order valence-corrected chi connectivity index (χ1v) is 7.05. The third-order valence-corrected chi connectivity index (χ3v) is 3.74. The van der Waals surface area contributed by atoms with E-state index >= 15 is 0 Å². The van der Waals surface area contributed by atoms with Gasteiger partial charge < -0.3 is 19.0 Å². The smallest absolute Gasteiger partial charge is 0.344 e. The van der Waals surface area contributed by atoms with Crippen molar-refractivity contribution in [2.75, 3.05) is 0 Å². The van der Waals surface area contributed by atoms with E-state index in [-0.39, 0.29) is 28.2 Å². The van der Waals surface area contributed by atoms with Gasteiger partial charge in [-0.1, -0.05) is 0 Å². The topological polar surface area (TPSA) is 101 Å². The van der Waals surface area contributed by atoms with Gasteiger partial charge >= 0.3 is 11.3 Å². The summed E-state index contributed by atoms with van der Waals surface area (Å²) in [4.78, 5) is 24.1. The first kappa shape index (κ1) is 14.1. The van der Waals surface area contributed by atoms with Crippen molar-refractivity contribution in [3.05, 3.63) is 69.4 Å². The van der Waals surface area contributed by atoms with Crippen LogP contribution in [0.15, 0.2) is 67.0 Å². The van der Waals surface area contributed by atoms with Crippen molar-refractivity contribution in [3.63, 3.8) is 0 Å². The average Bonchev–Trinajstić information content (AvgIpc) is 2.53. The minimum Gasteiger partial charge on any atom is -0.508 e. The summed E-state index contributed by atoms with van der Waals surface area (Å²) >= 11 is 0. The van der Waals surface area contributed by atoms with Crippen molar-refractivity contribution in [2.45, 2.75) is 0 Å². The Kier molecular flexibility index (Phi) is 2.93. The Balaban J connectivity index is 2.09. The molecular formula is C18H10O6. The molecule has 0 fully saturated rings. The average molecular weight is 322 g/mol. The zero-order valence-electron chi connectivity index (χ0n) is 12.1. The molecule has 0 spiro atoms. The molecule has 2 aromatic carbocycles. The molecule has 118 valence electrons. The molecule has 24 heavy (non-hydrogen) atoms. The highest BCUT2D eigenvalue weighted by molar-refractivity contribution is 5.95. The summed E-state index contributed by atoms with van der Waals surface area (Å²) in [5.41, 5.74) is -0.334. The van der Waals surface area contributed by atoms with E-state index in [1.165, 1.54) is 30.3 Å². The number of fused-ring (bicyclic) bond motifs is 2. The second kappa shape index (κ2) is 4.99. The molecule has 0 aliphatic heterocycles. The molecule has 4 aromatic rings. The van der Waals surface area contributed by atoms with Gasteiger partial charge in [0.05, 0.1) is 5.56 Å². The van der Waals surface area contributed by atoms with Gasteiger partial charge in [-0.2, -0.15) is 0 Å². The van der Waals surface area contributed by atoms with Crippen molar-refractivity contribution < 1.29 is 19.0 Å². The van der Waals surface area contributed by atoms with Gasteiger partial charge in [0, 0.05) is 34.5 Å². The van der Waals surface area contributed by atoms with E-state index in [4.69, 9.17) is 8.83 Å². The summed E-state index contributed by atoms with van der Waals surface area (Å²) in [5.74, 6) is -0.0662. The first-order valence-electron chi connectivity index (χ1n) is 7.05. The van der Waals surface area contributed by atoms with Crippen LogP contribution < -0.4 is 11.3 Å². The van der Waals surface area contributed by atoms with E-state index < -0.39 is 11.3 Å². The van der Waals surface area contributed by atoms with E-state index in [1.54, 1.807) is 18.2 Å². The predicted octanol–water partition coefficient (Wildman–Crippen LogP) is 2.98. The van der Waals surface area contributed by atoms with E-state index in [2.05, 4.69) is 0 Å². The van der Waals surface area contributed by atoms with Crippen molar-refractivity contribution >= 4 is 21.9 Å². The summed E-state index contributed by atoms with van der Waals surface area (Å²) < 4.78 is 10.3. The second-order valence-electron chi connectivity index (χ2n) is 5.33. The lowest BCUT2D eigenvalue weighted by Gasteiger charge is -2.06. The lowest BCUT2D eigenvalue weighted by atomic mass is 10.0. The Hall–Kier alpha value is -3.54. The third-order valence-electron chi connectivity index (χ3n) is 3.74. The normalized spacial score (nSPS) is 11.2. The van der Waals surface area contributed by atoms with Gasteiger partial charge in [0.25, 0.3) is 0 Å². The summed E-state index contributed by atoms with van der Waals surface area (Å²) in [5, 5.41) is 20.1. The minimum absolute atomic E-state index is 0.0142. The molecule has 0 unspecified atom stereocenters. The van der Waals surface area contributed by atoms with Crippen LogP contribution in [0.5, 0.6) is 11.5 Å². The second-order valence-corrected chi connectivity index (χ2v) is 5.33. The number of rotatable bonds is 1. The van der Waals surface area contributed by atoms with Gasteiger partial charge in [-0.15, -0.1) is 0 Å². The van der Waals surface area contributed by atoms with Gasteiger partial charge in [0.2, 0.25) is 0 Å². The van der Waals surface area contributed by atoms with Crippen LogP contribution in [0.4, 0.5) is 0 Å². The van der Waals surface area contributed by atoms with Gasteiger partial charge in [-0.25, -0.2) is 9.59 Å². The number of benzene rings is 2. The molecule has 0 aliphatic carbocycles. The molecule has 2 heterocycles. The maximum Gasteiger partial charge on any atom is 0.344 e. The Morgan fingerprint density at radius 3 is 2.21 bits per heavy atom. The summed E-state index contributed by atoms with van der Waals surface area (Å²) in [7, 11) is 0. The summed E-state index contributed by atoms with van der Waals surface area (Å²) in [6.07, 6.45) is 0. The van der Waals surface area contributed by atoms with Crippen LogP contribution in [0.1, 0.15) is 0 Å². The van der Waals surface area contributed by atoms with Crippen LogP contribution in [-0.4, -0.2) is 10.2 Å². The van der Waals surface area contributed by atoms with Gasteiger partial charge in [-0.05, 0) is 30.3 Å². The first-order chi connectivity index (χ1) is 11.5. The number of phenolic OH excluding ortho intramolecular Hbond substituents is 2. The molecule has 2 aromatic heterocycles. The Morgan fingerprint density at radius 2 is 1.42 bits per heavy atom. The molecule has 4 rings (SSSR count). The molecule has 6 heteroatoms. The maximum absolute atomic E-state index is 12.3. The molecule has 0 amide bonds. The fourth-order valence-corrected chi connectivity index (χ4v) is 2.66. The highest BCUT2D eigenvalue weighted by atomic mass is 16.4. The van der Waals surface area contributed by atoms with Crippen LogP contribution in [0.2, 0.25) is 0 Å². The number of hydrogen-bond donors (Lipinski definition) is 2. The molecule has 0 saturated heterocycles. The van der Waals surface area contributed by atoms with Gasteiger partial charge in [-0.3, -0.25) is 0 Å². The van der Waals surface area contributed by atoms with E-state index in [0.29, 0.717) is 16.3 Å². The summed E-state index contributed by atoms with van der Waals surface area (Å²) in [6, 6.07) is 11.5. The monoisotopic (exact) mass is 322 g/mol. The van der Waals surface area contributed by atoms with Crippen molar-refractivity contribution in [1.29, 1.82) is 0 Å². The number of phenols is 2. The quantitative estimate of drug-likeness (QED) is 0.522. The van der Waals surface area contributed by atoms with E-state index in [1.807, 2.05) is 0 Å². The zero-order valence-corrected chi connectivity index (χ0v) is 12.1. The molecule has 0 atom stereocenters. The van der Waals surface area contributed by atoms with Crippen LogP contribution in [0, 0.1) is 0 Å². The standard InChI is InChI=1S/C18H10O6/c19-10-2-1-9-5-14(18(22)24-15(9)6-10)13-8-17(21)23-16-7-11(20)3-4-12(13)16/h1-8,19-20H. The largest absolute Gasteiger partial charge is 0.508 e. The van der Waals surface area contributed by atoms with E-state index in [0.717, 1.165) is 0 Å². The molecule has 0 aliphatic rings. The third kappa shape index (κ3) is 2.21. The lowest BCUT2D eigenvalue weighted by Crippen LogP contribution is -2.06. The molecule has 2 N–H and O–H groups in total. The van der Waals surface area contributed by atoms with Crippen molar-refractivity contribution in [2.24, 2.45) is 0 Å². The van der Waals surface area contributed by atoms with Gasteiger partial charge in [0.1, 0.15) is 22.7 Å². The lowest BCUT2D eigenvalue weighted by molar-refractivity contribution is 0.472. The van der Waals surface area contributed by atoms with Crippen LogP contribution in [0.3, 0.4) is 0 Å². The Morgan fingerprint density at radius 1 is 0.708 bits per heavy atom. The fourth-order valence-electron chi connectivity index (χ4n) is 2.66. The van der Waals surface area contributed by atoms with Crippen molar-refractivity contribution in [3.8, 4) is 22.6 Å². The highest BCUT2D eigenvalue weighted by Gasteiger charge is 2.14. The molecule has 0 bridgehead atoms. The number of hydrogen-bond acceptors (Lipinski definition) is 6. The van der Waals surface area contributed by atoms with Crippen LogP contribution >= 0.6 is 0 Å². The Bertz CT molecular complexity index is 1220. The van der Waals surface area contributed by atoms with Gasteiger partial charge in [0.15, 0.2) is 0 Å². The van der Waals surface area contributed by atoms with Crippen molar-refractivity contribution in [1.82, 2.24) is 0 Å². The molecule has 0 radical (unpaired) electrons. The fraction of sp³-hybridized carbons (Fsp3) is 0. The summed E-state index contributed by atoms with van der Waals surface area (Å²) in [6.45, 7) is 0. The zero-order chi connectivity index (χ0) is 16.8. The van der Waals surface area contributed by atoms with Crippen LogP contribution in [0.25, 0.3) is 33.1 Å². The molecule has 0 saturated carbocycles. The Labute approximate surface area is 133 Å². The molecular weight excluding hydrogens is 312 g/mol. The molecule has 6 nitrogen and oxygen atoms in total. The SMILES string of the molecule is O=c1cc(-c2cc3ccc(O)cc3oc2=O)c2ccc(O)cc2o1.